The van der Waals surface area contributed by atoms with E-state index in [0.717, 1.165) is 22.2 Å². The summed E-state index contributed by atoms with van der Waals surface area (Å²) < 4.78 is 3.08. The van der Waals surface area contributed by atoms with Crippen LogP contribution in [0.15, 0.2) is 43.0 Å². The van der Waals surface area contributed by atoms with E-state index in [0.29, 0.717) is 6.54 Å². The van der Waals surface area contributed by atoms with Crippen LogP contribution in [0.3, 0.4) is 0 Å². The van der Waals surface area contributed by atoms with Crippen molar-refractivity contribution in [1.82, 2.24) is 14.9 Å². The van der Waals surface area contributed by atoms with Crippen molar-refractivity contribution in [3.8, 4) is 0 Å². The number of nitrogens with one attached hydrogen (secondary N) is 2. The van der Waals surface area contributed by atoms with E-state index in [1.807, 2.05) is 35.0 Å². The average Bonchev–Trinajstić information content (AvgIpc) is 2.88. The summed E-state index contributed by atoms with van der Waals surface area (Å²) in [6.07, 6.45) is 6.30. The maximum Gasteiger partial charge on any atom is 0.319 e. The molecule has 0 unspecified atom stereocenters. The Kier molecular flexibility index (Phi) is 5.20. The highest BCUT2D eigenvalue weighted by molar-refractivity contribution is 14.1. The lowest BCUT2D eigenvalue weighted by Gasteiger charge is -2.08. The van der Waals surface area contributed by atoms with Crippen molar-refractivity contribution in [2.24, 2.45) is 0 Å². The molecule has 2 amide bonds. The zero-order valence-electron chi connectivity index (χ0n) is 10.3. The Bertz CT molecular complexity index is 527. The molecule has 1 heterocycles. The molecule has 100 valence electrons. The predicted octanol–water partition coefficient (Wildman–Crippen LogP) is 2.70. The summed E-state index contributed by atoms with van der Waals surface area (Å²) in [7, 11) is 0. The van der Waals surface area contributed by atoms with Gasteiger partial charge < -0.3 is 15.2 Å². The first-order valence-electron chi connectivity index (χ1n) is 6.00. The Labute approximate surface area is 125 Å². The predicted molar refractivity (Wildman–Crippen MR) is 83.0 cm³/mol. The van der Waals surface area contributed by atoms with Gasteiger partial charge in [0, 0.05) is 34.7 Å². The second-order valence-corrected chi connectivity index (χ2v) is 5.29. The van der Waals surface area contributed by atoms with Crippen molar-refractivity contribution in [1.29, 1.82) is 0 Å². The number of aryl methyl sites for hydroxylation is 1. The van der Waals surface area contributed by atoms with Gasteiger partial charge in [0.05, 0.1) is 6.33 Å². The molecule has 2 N–H and O–H groups in total. The zero-order valence-corrected chi connectivity index (χ0v) is 12.5. The Morgan fingerprint density at radius 1 is 1.42 bits per heavy atom. The third-order valence-corrected chi connectivity index (χ3v) is 3.19. The molecule has 2 rings (SSSR count). The smallest absolute Gasteiger partial charge is 0.319 e. The molecule has 19 heavy (non-hydrogen) atoms. The summed E-state index contributed by atoms with van der Waals surface area (Å²) in [4.78, 5) is 15.6. The van der Waals surface area contributed by atoms with Crippen molar-refractivity contribution in [2.45, 2.75) is 13.0 Å². The van der Waals surface area contributed by atoms with Gasteiger partial charge in [-0.1, -0.05) is 6.07 Å². The fraction of sp³-hybridized carbons (Fsp3) is 0.231. The molecular weight excluding hydrogens is 355 g/mol. The van der Waals surface area contributed by atoms with Crippen LogP contribution in [-0.4, -0.2) is 22.1 Å². The number of imidazole rings is 1. The number of hydrogen-bond donors (Lipinski definition) is 2. The standard InChI is InChI=1S/C13H15IN4O/c14-11-3-1-4-12(9-11)17-13(19)16-5-2-7-18-8-6-15-10-18/h1,3-4,6,8-10H,2,5,7H2,(H2,16,17,19). The summed E-state index contributed by atoms with van der Waals surface area (Å²) in [6.45, 7) is 1.48. The highest BCUT2D eigenvalue weighted by Crippen LogP contribution is 2.11. The topological polar surface area (TPSA) is 59.0 Å². The number of rotatable bonds is 5. The molecule has 0 aliphatic carbocycles. The highest BCUT2D eigenvalue weighted by atomic mass is 127. The molecular formula is C13H15IN4O. The first-order valence-corrected chi connectivity index (χ1v) is 7.08. The third-order valence-electron chi connectivity index (χ3n) is 2.52. The molecule has 0 radical (unpaired) electrons. The number of anilines is 1. The quantitative estimate of drug-likeness (QED) is 0.628. The van der Waals surface area contributed by atoms with Gasteiger partial charge in [-0.05, 0) is 47.2 Å². The zero-order chi connectivity index (χ0) is 13.5. The number of amides is 2. The molecule has 0 atom stereocenters. The summed E-state index contributed by atoms with van der Waals surface area (Å²) in [5.74, 6) is 0. The SMILES string of the molecule is O=C(NCCCn1ccnc1)Nc1cccc(I)c1. The maximum atomic E-state index is 11.6. The molecule has 1 aromatic heterocycles. The van der Waals surface area contributed by atoms with E-state index < -0.39 is 0 Å². The number of halogens is 1. The van der Waals surface area contributed by atoms with E-state index in [9.17, 15) is 4.79 Å². The molecule has 0 spiro atoms. The molecule has 0 fully saturated rings. The minimum absolute atomic E-state index is 0.173. The number of benzene rings is 1. The number of nitrogens with zero attached hydrogens (tertiary/aromatic N) is 2. The Balaban J connectivity index is 1.67. The van der Waals surface area contributed by atoms with Crippen LogP contribution in [0.5, 0.6) is 0 Å². The Hall–Kier alpha value is -1.57. The van der Waals surface area contributed by atoms with Crippen LogP contribution in [0.1, 0.15) is 6.42 Å². The molecule has 6 heteroatoms. The largest absolute Gasteiger partial charge is 0.338 e. The minimum atomic E-state index is -0.173. The second kappa shape index (κ2) is 7.13. The maximum absolute atomic E-state index is 11.6. The van der Waals surface area contributed by atoms with Crippen molar-refractivity contribution in [3.05, 3.63) is 46.6 Å². The Morgan fingerprint density at radius 2 is 2.32 bits per heavy atom. The van der Waals surface area contributed by atoms with Crippen molar-refractivity contribution < 1.29 is 4.79 Å². The van der Waals surface area contributed by atoms with Gasteiger partial charge in [0.1, 0.15) is 0 Å². The van der Waals surface area contributed by atoms with Crippen molar-refractivity contribution in [3.63, 3.8) is 0 Å². The molecule has 0 aliphatic rings. The van der Waals surface area contributed by atoms with Crippen LogP contribution in [0.4, 0.5) is 10.5 Å². The molecule has 5 nitrogen and oxygen atoms in total. The first kappa shape index (κ1) is 13.9. The summed E-state index contributed by atoms with van der Waals surface area (Å²) in [5, 5.41) is 5.63. The van der Waals surface area contributed by atoms with Crippen LogP contribution in [0.25, 0.3) is 0 Å². The van der Waals surface area contributed by atoms with Crippen LogP contribution < -0.4 is 10.6 Å². The van der Waals surface area contributed by atoms with Crippen LogP contribution in [-0.2, 0) is 6.54 Å². The lowest BCUT2D eigenvalue weighted by atomic mass is 10.3. The van der Waals surface area contributed by atoms with Crippen LogP contribution in [0.2, 0.25) is 0 Å². The number of aromatic nitrogens is 2. The van der Waals surface area contributed by atoms with E-state index >= 15 is 0 Å². The van der Waals surface area contributed by atoms with Gasteiger partial charge in [-0.2, -0.15) is 0 Å². The van der Waals surface area contributed by atoms with E-state index in [2.05, 4.69) is 38.2 Å². The van der Waals surface area contributed by atoms with E-state index in [-0.39, 0.29) is 6.03 Å². The highest BCUT2D eigenvalue weighted by Gasteiger charge is 2.01. The lowest BCUT2D eigenvalue weighted by Crippen LogP contribution is -2.30. The van der Waals surface area contributed by atoms with E-state index in [1.165, 1.54) is 0 Å². The van der Waals surface area contributed by atoms with Crippen LogP contribution in [0, 0.1) is 3.57 Å². The van der Waals surface area contributed by atoms with Gasteiger partial charge in [0.2, 0.25) is 0 Å². The average molecular weight is 370 g/mol. The summed E-state index contributed by atoms with van der Waals surface area (Å²) in [5.41, 5.74) is 0.805. The number of urea groups is 1. The van der Waals surface area contributed by atoms with Crippen molar-refractivity contribution >= 4 is 34.3 Å². The third kappa shape index (κ3) is 4.90. The van der Waals surface area contributed by atoms with Crippen molar-refractivity contribution in [2.75, 3.05) is 11.9 Å². The normalized spacial score (nSPS) is 10.2. The fourth-order valence-corrected chi connectivity index (χ4v) is 2.17. The first-order chi connectivity index (χ1) is 9.24. The molecule has 0 bridgehead atoms. The molecule has 0 aliphatic heterocycles. The minimum Gasteiger partial charge on any atom is -0.338 e. The second-order valence-electron chi connectivity index (χ2n) is 4.05. The lowest BCUT2D eigenvalue weighted by molar-refractivity contribution is 0.252. The molecule has 0 saturated heterocycles. The Morgan fingerprint density at radius 3 is 3.05 bits per heavy atom. The van der Waals surface area contributed by atoms with Gasteiger partial charge in [-0.3, -0.25) is 0 Å². The monoisotopic (exact) mass is 370 g/mol. The summed E-state index contributed by atoms with van der Waals surface area (Å²) in [6, 6.07) is 7.51. The molecule has 1 aromatic carbocycles. The van der Waals surface area contributed by atoms with Crippen LogP contribution >= 0.6 is 22.6 Å². The van der Waals surface area contributed by atoms with Gasteiger partial charge in [-0.15, -0.1) is 0 Å². The number of hydrogen-bond acceptors (Lipinski definition) is 2. The molecule has 0 saturated carbocycles. The van der Waals surface area contributed by atoms with E-state index in [4.69, 9.17) is 0 Å². The number of carbonyl (C=O) groups excluding carboxylic acids is 1. The van der Waals surface area contributed by atoms with Gasteiger partial charge in [0.25, 0.3) is 0 Å². The fourth-order valence-electron chi connectivity index (χ4n) is 1.62. The number of carbonyl (C=O) groups is 1. The molecule has 2 aromatic rings. The van der Waals surface area contributed by atoms with E-state index in [1.54, 1.807) is 12.5 Å². The van der Waals surface area contributed by atoms with Gasteiger partial charge in [-0.25, -0.2) is 9.78 Å². The van der Waals surface area contributed by atoms with Gasteiger partial charge >= 0.3 is 6.03 Å². The van der Waals surface area contributed by atoms with Gasteiger partial charge in [0.15, 0.2) is 0 Å². The summed E-state index contributed by atoms with van der Waals surface area (Å²) >= 11 is 2.21.